The van der Waals surface area contributed by atoms with Crippen molar-refractivity contribution in [3.05, 3.63) is 83.9 Å². The molecule has 15 heteroatoms. The Bertz CT molecular complexity index is 1760. The minimum atomic E-state index is -1.00. The molecule has 3 aromatic carbocycles. The van der Waals surface area contributed by atoms with E-state index in [4.69, 9.17) is 15.0 Å². The molecule has 5 rings (SSSR count). The van der Waals surface area contributed by atoms with Crippen LogP contribution in [0.3, 0.4) is 0 Å². The van der Waals surface area contributed by atoms with Gasteiger partial charge in [0.15, 0.2) is 5.13 Å². The molecule has 0 spiro atoms. The summed E-state index contributed by atoms with van der Waals surface area (Å²) in [4.78, 5) is 33.5. The van der Waals surface area contributed by atoms with E-state index in [1.54, 1.807) is 12.1 Å². The van der Waals surface area contributed by atoms with Crippen molar-refractivity contribution < 1.29 is 27.6 Å². The number of urea groups is 1. The minimum absolute atomic E-state index is 0.00735. The zero-order valence-corrected chi connectivity index (χ0v) is 23.3. The molecule has 6 N–H and O–H groups in total. The van der Waals surface area contributed by atoms with Gasteiger partial charge in [-0.2, -0.15) is 4.98 Å². The normalized spacial score (nSPS) is 10.7. The van der Waals surface area contributed by atoms with Gasteiger partial charge in [0.2, 0.25) is 5.82 Å². The number of nitrogens with one attached hydrogen (secondary N) is 4. The molecular formula is C28H24F2N8O4S. The smallest absolute Gasteiger partial charge is 0.321 e. The van der Waals surface area contributed by atoms with Crippen LogP contribution in [-0.4, -0.2) is 47.3 Å². The second-order valence-corrected chi connectivity index (χ2v) is 9.83. The van der Waals surface area contributed by atoms with Gasteiger partial charge in [-0.25, -0.2) is 18.6 Å². The van der Waals surface area contributed by atoms with Crippen molar-refractivity contribution in [2.45, 2.75) is 0 Å². The van der Waals surface area contributed by atoms with Crippen LogP contribution < -0.4 is 31.7 Å². The summed E-state index contributed by atoms with van der Waals surface area (Å²) in [7, 11) is 1.45. The van der Waals surface area contributed by atoms with E-state index in [2.05, 4.69) is 36.4 Å². The second-order valence-electron chi connectivity index (χ2n) is 8.83. The molecule has 12 nitrogen and oxygen atoms in total. The van der Waals surface area contributed by atoms with Gasteiger partial charge in [-0.1, -0.05) is 40.8 Å². The number of nitrogens with two attached hydrogens (primary N) is 1. The topological polar surface area (TPSA) is 169 Å². The quantitative estimate of drug-likeness (QED) is 0.134. The molecule has 220 valence electrons. The summed E-state index contributed by atoms with van der Waals surface area (Å²) in [5.41, 5.74) is 6.59. The lowest BCUT2D eigenvalue weighted by Gasteiger charge is -2.09. The first-order chi connectivity index (χ1) is 20.8. The van der Waals surface area contributed by atoms with Crippen molar-refractivity contribution in [1.82, 2.24) is 20.4 Å². The number of rotatable bonds is 10. The molecule has 0 unspecified atom stereocenters. The van der Waals surface area contributed by atoms with Crippen LogP contribution in [0, 0.1) is 11.6 Å². The van der Waals surface area contributed by atoms with Crippen LogP contribution in [0.15, 0.2) is 71.3 Å². The van der Waals surface area contributed by atoms with E-state index >= 15 is 0 Å². The van der Waals surface area contributed by atoms with Gasteiger partial charge in [0.05, 0.1) is 18.4 Å². The van der Waals surface area contributed by atoms with Gasteiger partial charge >= 0.3 is 6.03 Å². The number of amides is 3. The van der Waals surface area contributed by atoms with Crippen molar-refractivity contribution in [3.63, 3.8) is 0 Å². The van der Waals surface area contributed by atoms with Crippen LogP contribution in [0.1, 0.15) is 10.4 Å². The standard InChI is InChI=1S/C28H24F2N8O4S/c1-41-17-9-5-6-15(12-17)25(39)34-21-13-18(19(29)14-20(21)30)24-36-26(42-38-24)22-23(31)35-28(43-22)37-27(40)33-11-10-32-16-7-3-2-4-8-16/h2-9,12-14,32H,10-11,31H2,1H3,(H,34,39)(H2,33,35,37,40). The first-order valence-electron chi connectivity index (χ1n) is 12.7. The number of halogens is 2. The molecule has 3 amide bonds. The lowest BCUT2D eigenvalue weighted by Crippen LogP contribution is -2.32. The maximum atomic E-state index is 14.8. The Labute approximate surface area is 247 Å². The predicted molar refractivity (Wildman–Crippen MR) is 158 cm³/mol. The number of ether oxygens (including phenoxy) is 1. The van der Waals surface area contributed by atoms with Crippen LogP contribution in [0.4, 0.5) is 35.9 Å². The van der Waals surface area contributed by atoms with Gasteiger partial charge in [0, 0.05) is 30.4 Å². The van der Waals surface area contributed by atoms with Crippen molar-refractivity contribution in [2.75, 3.05) is 41.9 Å². The fraction of sp³-hybridized carbons (Fsp3) is 0.107. The minimum Gasteiger partial charge on any atom is -0.497 e. The number of aromatic nitrogens is 3. The van der Waals surface area contributed by atoms with Crippen molar-refractivity contribution in [2.24, 2.45) is 0 Å². The number of nitrogens with zero attached hydrogens (tertiary/aromatic N) is 3. The average molecular weight is 607 g/mol. The summed E-state index contributed by atoms with van der Waals surface area (Å²) in [5, 5.41) is 14.8. The van der Waals surface area contributed by atoms with E-state index in [1.807, 2.05) is 30.3 Å². The van der Waals surface area contributed by atoms with E-state index in [1.165, 1.54) is 19.2 Å². The van der Waals surface area contributed by atoms with Crippen LogP contribution in [0.5, 0.6) is 5.75 Å². The molecule has 0 aliphatic carbocycles. The summed E-state index contributed by atoms with van der Waals surface area (Å²) in [6.45, 7) is 0.840. The molecule has 0 fully saturated rings. The Balaban J connectivity index is 1.25. The first kappa shape index (κ1) is 28.9. The van der Waals surface area contributed by atoms with Crippen molar-refractivity contribution >= 4 is 45.6 Å². The fourth-order valence-electron chi connectivity index (χ4n) is 3.82. The molecule has 0 saturated carbocycles. The molecule has 5 aromatic rings. The largest absolute Gasteiger partial charge is 0.497 e. The van der Waals surface area contributed by atoms with E-state index in [0.29, 0.717) is 24.9 Å². The fourth-order valence-corrected chi connectivity index (χ4v) is 4.62. The third-order valence-corrected chi connectivity index (χ3v) is 6.86. The Morgan fingerprint density at radius 1 is 0.977 bits per heavy atom. The number of hydrogen-bond acceptors (Lipinski definition) is 10. The maximum Gasteiger partial charge on any atom is 0.321 e. The molecular weight excluding hydrogens is 582 g/mol. The Kier molecular flexibility index (Phi) is 8.71. The average Bonchev–Trinajstić information content (AvgIpc) is 3.63. The van der Waals surface area contributed by atoms with Crippen LogP contribution in [-0.2, 0) is 0 Å². The molecule has 0 saturated heterocycles. The zero-order chi connectivity index (χ0) is 30.3. The monoisotopic (exact) mass is 606 g/mol. The third-order valence-electron chi connectivity index (χ3n) is 5.89. The second kappa shape index (κ2) is 12.9. The molecule has 0 bridgehead atoms. The molecule has 0 atom stereocenters. The van der Waals surface area contributed by atoms with Crippen molar-refractivity contribution in [1.29, 1.82) is 0 Å². The lowest BCUT2D eigenvalue weighted by molar-refractivity contribution is 0.102. The first-order valence-corrected chi connectivity index (χ1v) is 13.5. The van der Waals surface area contributed by atoms with Crippen molar-refractivity contribution in [3.8, 4) is 27.9 Å². The van der Waals surface area contributed by atoms with Gasteiger partial charge in [0.25, 0.3) is 11.8 Å². The number of carbonyl (C=O) groups excluding carboxylic acids is 2. The lowest BCUT2D eigenvalue weighted by atomic mass is 10.1. The Hall–Kier alpha value is -5.57. The molecule has 2 aromatic heterocycles. The molecule has 43 heavy (non-hydrogen) atoms. The number of methoxy groups -OCH3 is 1. The Morgan fingerprint density at radius 3 is 2.58 bits per heavy atom. The number of carbonyl (C=O) groups is 2. The van der Waals surface area contributed by atoms with Gasteiger partial charge in [-0.3, -0.25) is 10.1 Å². The highest BCUT2D eigenvalue weighted by molar-refractivity contribution is 7.19. The summed E-state index contributed by atoms with van der Waals surface area (Å²) < 4.78 is 39.7. The number of hydrogen-bond donors (Lipinski definition) is 5. The highest BCUT2D eigenvalue weighted by Crippen LogP contribution is 2.35. The van der Waals surface area contributed by atoms with Gasteiger partial charge in [-0.05, 0) is 36.4 Å². The Morgan fingerprint density at radius 2 is 1.79 bits per heavy atom. The molecule has 0 radical (unpaired) electrons. The molecule has 0 aliphatic rings. The SMILES string of the molecule is COc1cccc(C(=O)Nc2cc(-c3noc(-c4sc(NC(=O)NCCNc5ccccc5)nc4N)n3)c(F)cc2F)c1. The highest BCUT2D eigenvalue weighted by atomic mass is 32.1. The van der Waals surface area contributed by atoms with Gasteiger partial charge < -0.3 is 30.9 Å². The number of benzene rings is 3. The van der Waals surface area contributed by atoms with E-state index in [0.717, 1.165) is 23.1 Å². The van der Waals surface area contributed by atoms with E-state index in [-0.39, 0.29) is 44.4 Å². The van der Waals surface area contributed by atoms with Gasteiger partial charge in [0.1, 0.15) is 28.1 Å². The van der Waals surface area contributed by atoms with Crippen LogP contribution in [0.2, 0.25) is 0 Å². The maximum absolute atomic E-state index is 14.8. The zero-order valence-electron chi connectivity index (χ0n) is 22.5. The number of nitrogen functional groups attached to an aromatic ring is 1. The predicted octanol–water partition coefficient (Wildman–Crippen LogP) is 5.22. The summed E-state index contributed by atoms with van der Waals surface area (Å²) in [6, 6.07) is 16.9. The molecule has 0 aliphatic heterocycles. The van der Waals surface area contributed by atoms with E-state index in [9.17, 15) is 18.4 Å². The molecule has 2 heterocycles. The number of anilines is 4. The number of para-hydroxylation sites is 1. The van der Waals surface area contributed by atoms with Gasteiger partial charge in [-0.15, -0.1) is 0 Å². The summed E-state index contributed by atoms with van der Waals surface area (Å²) in [6.07, 6.45) is 0. The summed E-state index contributed by atoms with van der Waals surface area (Å²) >= 11 is 0.963. The van der Waals surface area contributed by atoms with Crippen LogP contribution in [0.25, 0.3) is 22.2 Å². The highest BCUT2D eigenvalue weighted by Gasteiger charge is 2.22. The van der Waals surface area contributed by atoms with E-state index < -0.39 is 23.6 Å². The third kappa shape index (κ3) is 7.02. The summed E-state index contributed by atoms with van der Waals surface area (Å²) in [5.74, 6) is -2.53. The van der Waals surface area contributed by atoms with Crippen LogP contribution >= 0.6 is 11.3 Å². The number of thiazole rings is 1.